The van der Waals surface area contributed by atoms with Crippen LogP contribution in [-0.2, 0) is 0 Å². The number of nitro groups is 1. The Labute approximate surface area is 161 Å². The van der Waals surface area contributed by atoms with E-state index in [0.29, 0.717) is 22.8 Å². The number of unbranched alkanes of at least 4 members (excludes halogenated alkanes) is 1. The highest BCUT2D eigenvalue weighted by atomic mass is 35.5. The average Bonchev–Trinajstić information content (AvgIpc) is 2.62. The highest BCUT2D eigenvalue weighted by Gasteiger charge is 2.15. The highest BCUT2D eigenvalue weighted by Crippen LogP contribution is 2.21. The van der Waals surface area contributed by atoms with Crippen LogP contribution in [0.5, 0.6) is 0 Å². The van der Waals surface area contributed by atoms with Crippen molar-refractivity contribution in [3.05, 3.63) is 63.4 Å². The summed E-state index contributed by atoms with van der Waals surface area (Å²) in [6, 6.07) is 7.94. The molecule has 1 aromatic heterocycles. The quantitative estimate of drug-likeness (QED) is 0.219. The zero-order chi connectivity index (χ0) is 19.6. The average molecular weight is 391 g/mol. The van der Waals surface area contributed by atoms with E-state index in [2.05, 4.69) is 26.0 Å². The predicted molar refractivity (Wildman–Crippen MR) is 105 cm³/mol. The molecule has 1 aromatic carbocycles. The van der Waals surface area contributed by atoms with Crippen molar-refractivity contribution in [2.75, 3.05) is 17.2 Å². The first-order chi connectivity index (χ1) is 13.0. The second-order valence-corrected chi connectivity index (χ2v) is 5.91. The molecular weight excluding hydrogens is 372 g/mol. The van der Waals surface area contributed by atoms with Gasteiger partial charge in [-0.1, -0.05) is 24.9 Å². The number of nitrogens with one attached hydrogen (secondary N) is 3. The molecule has 0 saturated carbocycles. The molecular formula is C17H19ClN6O3. The van der Waals surface area contributed by atoms with Crippen molar-refractivity contribution in [2.24, 2.45) is 5.10 Å². The maximum absolute atomic E-state index is 12.4. The molecule has 0 bridgehead atoms. The smallest absolute Gasteiger partial charge is 0.277 e. The lowest BCUT2D eigenvalue weighted by molar-refractivity contribution is -0.484. The van der Waals surface area contributed by atoms with E-state index < -0.39 is 5.03 Å². The maximum Gasteiger partial charge on any atom is 0.277 e. The molecule has 2 aromatic rings. The largest absolute Gasteiger partial charge is 0.352 e. The van der Waals surface area contributed by atoms with Crippen LogP contribution in [0.3, 0.4) is 0 Å². The fraction of sp³-hybridized carbons (Fsp3) is 0.235. The van der Waals surface area contributed by atoms with E-state index >= 15 is 0 Å². The van der Waals surface area contributed by atoms with Crippen LogP contribution in [0, 0.1) is 10.1 Å². The first-order valence-electron chi connectivity index (χ1n) is 8.24. The van der Waals surface area contributed by atoms with Gasteiger partial charge in [0.1, 0.15) is 5.10 Å². The van der Waals surface area contributed by atoms with Crippen molar-refractivity contribution in [1.29, 1.82) is 0 Å². The van der Waals surface area contributed by atoms with Gasteiger partial charge in [0.2, 0.25) is 0 Å². The third kappa shape index (κ3) is 6.55. The number of hydrogen-bond donors (Lipinski definition) is 3. The summed E-state index contributed by atoms with van der Waals surface area (Å²) in [5.41, 5.74) is 1.06. The van der Waals surface area contributed by atoms with E-state index in [1.54, 1.807) is 30.5 Å². The third-order valence-corrected chi connectivity index (χ3v) is 3.64. The molecule has 27 heavy (non-hydrogen) atoms. The maximum atomic E-state index is 12.4. The Balaban J connectivity index is 2.27. The number of nitrogens with zero attached hydrogens (tertiary/aromatic N) is 3. The molecule has 0 saturated heterocycles. The molecule has 0 aliphatic heterocycles. The number of amides is 1. The Hall–Kier alpha value is -3.20. The van der Waals surface area contributed by atoms with Crippen LogP contribution in [-0.4, -0.2) is 28.4 Å². The van der Waals surface area contributed by atoms with E-state index in [1.807, 2.05) is 6.92 Å². The van der Waals surface area contributed by atoms with Gasteiger partial charge in [0.15, 0.2) is 5.03 Å². The molecule has 10 heteroatoms. The monoisotopic (exact) mass is 390 g/mol. The molecule has 0 unspecified atom stereocenters. The lowest BCUT2D eigenvalue weighted by Gasteiger charge is -2.14. The van der Waals surface area contributed by atoms with Gasteiger partial charge in [-0.3, -0.25) is 9.78 Å². The molecule has 1 amide bonds. The summed E-state index contributed by atoms with van der Waals surface area (Å²) >= 11 is 6.02. The number of benzene rings is 1. The number of carbonyl (C=O) groups excluding carboxylic acids is 1. The molecule has 0 fully saturated rings. The van der Waals surface area contributed by atoms with Crippen LogP contribution < -0.4 is 16.0 Å². The predicted octanol–water partition coefficient (Wildman–Crippen LogP) is 3.34. The minimum atomic E-state index is -0.850. The number of rotatable bonds is 7. The van der Waals surface area contributed by atoms with Gasteiger partial charge in [-0.25, -0.2) is 10.1 Å². The fourth-order valence-corrected chi connectivity index (χ4v) is 2.33. The van der Waals surface area contributed by atoms with Crippen LogP contribution in [0.2, 0.25) is 5.02 Å². The van der Waals surface area contributed by atoms with E-state index in [1.165, 1.54) is 12.3 Å². The van der Waals surface area contributed by atoms with Crippen LogP contribution in [0.4, 0.5) is 11.4 Å². The third-order valence-electron chi connectivity index (χ3n) is 3.40. The first-order valence-corrected chi connectivity index (χ1v) is 8.62. The van der Waals surface area contributed by atoms with Gasteiger partial charge < -0.3 is 16.0 Å². The number of hydrogen-bond acceptors (Lipinski definition) is 4. The first kappa shape index (κ1) is 20.1. The summed E-state index contributed by atoms with van der Waals surface area (Å²) < 4.78 is 0. The molecule has 0 atom stereocenters. The van der Waals surface area contributed by atoms with Crippen molar-refractivity contribution >= 4 is 34.8 Å². The van der Waals surface area contributed by atoms with Crippen LogP contribution in [0.1, 0.15) is 30.1 Å². The number of halogens is 1. The van der Waals surface area contributed by atoms with Gasteiger partial charge in [-0.2, -0.15) is 0 Å². The van der Waals surface area contributed by atoms with E-state index in [-0.39, 0.29) is 17.6 Å². The lowest BCUT2D eigenvalue weighted by atomic mass is 10.1. The summed E-state index contributed by atoms with van der Waals surface area (Å²) in [5.74, 6) is -0.498. The van der Waals surface area contributed by atoms with E-state index in [4.69, 9.17) is 11.6 Å². The summed E-state index contributed by atoms with van der Waals surface area (Å²) in [4.78, 5) is 27.2. The number of hydrazone groups is 1. The summed E-state index contributed by atoms with van der Waals surface area (Å²) in [7, 11) is 0. The summed E-state index contributed by atoms with van der Waals surface area (Å²) in [6.07, 6.45) is 4.84. The van der Waals surface area contributed by atoms with Gasteiger partial charge in [0, 0.05) is 17.8 Å². The van der Waals surface area contributed by atoms with Crippen LogP contribution in [0.15, 0.2) is 47.8 Å². The Kier molecular flexibility index (Phi) is 7.50. The van der Waals surface area contributed by atoms with Crippen LogP contribution >= 0.6 is 11.6 Å². The number of carbonyl (C=O) groups is 1. The normalized spacial score (nSPS) is 11.0. The van der Waals surface area contributed by atoms with Crippen LogP contribution in [0.25, 0.3) is 0 Å². The van der Waals surface area contributed by atoms with Crippen molar-refractivity contribution in [3.8, 4) is 0 Å². The van der Waals surface area contributed by atoms with E-state index in [0.717, 1.165) is 12.8 Å². The number of pyridine rings is 1. The Morgan fingerprint density at radius 1 is 1.33 bits per heavy atom. The molecule has 0 spiro atoms. The zero-order valence-corrected chi connectivity index (χ0v) is 15.4. The van der Waals surface area contributed by atoms with Crippen molar-refractivity contribution in [3.63, 3.8) is 0 Å². The SMILES string of the molecule is CCCCNC(=O)c1ccc(Cl)cc1NC(=N[N+](=O)[O-])Nc1cccnc1. The molecule has 0 aliphatic rings. The van der Waals surface area contributed by atoms with E-state index in [9.17, 15) is 14.9 Å². The Morgan fingerprint density at radius 2 is 2.15 bits per heavy atom. The fourth-order valence-electron chi connectivity index (χ4n) is 2.16. The number of aromatic nitrogens is 1. The standard InChI is InChI=1S/C17H19ClN6O3/c1-2-3-9-20-16(25)14-7-6-12(18)10-15(14)22-17(23-24(26)27)21-13-5-4-8-19-11-13/h4-8,10-11H,2-3,9H2,1H3,(H,20,25)(H2,21,22,23). The Morgan fingerprint density at radius 3 is 2.81 bits per heavy atom. The molecule has 142 valence electrons. The molecule has 3 N–H and O–H groups in total. The van der Waals surface area contributed by atoms with Gasteiger partial charge in [-0.15, -0.1) is 0 Å². The number of guanidine groups is 1. The molecule has 9 nitrogen and oxygen atoms in total. The molecule has 0 aliphatic carbocycles. The van der Waals surface area contributed by atoms with Gasteiger partial charge in [0.25, 0.3) is 11.9 Å². The summed E-state index contributed by atoms with van der Waals surface area (Å²) in [6.45, 7) is 2.55. The van der Waals surface area contributed by atoms with Crippen molar-refractivity contribution in [2.45, 2.75) is 19.8 Å². The van der Waals surface area contributed by atoms with Gasteiger partial charge in [-0.05, 0) is 36.8 Å². The molecule has 0 radical (unpaired) electrons. The van der Waals surface area contributed by atoms with Crippen molar-refractivity contribution < 1.29 is 9.83 Å². The topological polar surface area (TPSA) is 122 Å². The highest BCUT2D eigenvalue weighted by molar-refractivity contribution is 6.31. The summed E-state index contributed by atoms with van der Waals surface area (Å²) in [5, 5.41) is 22.0. The number of anilines is 2. The zero-order valence-electron chi connectivity index (χ0n) is 14.6. The molecule has 2 rings (SSSR count). The lowest BCUT2D eigenvalue weighted by Crippen LogP contribution is -2.28. The van der Waals surface area contributed by atoms with Gasteiger partial charge in [0.05, 0.1) is 23.1 Å². The molecule has 1 heterocycles. The minimum absolute atomic E-state index is 0.183. The van der Waals surface area contributed by atoms with Gasteiger partial charge >= 0.3 is 0 Å². The van der Waals surface area contributed by atoms with Crippen molar-refractivity contribution in [1.82, 2.24) is 10.3 Å². The second kappa shape index (κ2) is 10.1. The Bertz CT molecular complexity index is 829. The second-order valence-electron chi connectivity index (χ2n) is 5.48. The minimum Gasteiger partial charge on any atom is -0.352 e.